The van der Waals surface area contributed by atoms with E-state index in [9.17, 15) is 37.4 Å². The lowest BCUT2D eigenvalue weighted by molar-refractivity contribution is -0.274. The van der Waals surface area contributed by atoms with Crippen molar-refractivity contribution in [1.82, 2.24) is 4.57 Å². The Morgan fingerprint density at radius 2 is 1.70 bits per heavy atom. The van der Waals surface area contributed by atoms with Gasteiger partial charge in [0.2, 0.25) is 0 Å². The van der Waals surface area contributed by atoms with E-state index in [1.165, 1.54) is 13.0 Å². The zero-order chi connectivity index (χ0) is 24.7. The molecule has 10 heteroatoms. The Morgan fingerprint density at radius 1 is 1.09 bits per heavy atom. The molecule has 0 saturated carbocycles. The Labute approximate surface area is 186 Å². The van der Waals surface area contributed by atoms with Crippen LogP contribution in [0.3, 0.4) is 0 Å². The fourth-order valence-electron chi connectivity index (χ4n) is 3.91. The number of aromatic hydroxyl groups is 1. The SMILES string of the molecule is Cc1c([C@H](CC(C)C)C(=O)O)c2c(F)c(O)ccc2n1C(=O)c1ccc(OC(F)(F)F)cc1. The Kier molecular flexibility index (Phi) is 6.40. The topological polar surface area (TPSA) is 88.8 Å². The van der Waals surface area contributed by atoms with Crippen molar-refractivity contribution >= 4 is 22.8 Å². The van der Waals surface area contributed by atoms with Crippen LogP contribution in [0.25, 0.3) is 10.9 Å². The number of halogens is 4. The molecule has 0 radical (unpaired) electrons. The molecular formula is C23H21F4NO5. The minimum Gasteiger partial charge on any atom is -0.505 e. The first-order valence-electron chi connectivity index (χ1n) is 9.97. The van der Waals surface area contributed by atoms with Gasteiger partial charge in [0, 0.05) is 16.6 Å². The van der Waals surface area contributed by atoms with Gasteiger partial charge >= 0.3 is 12.3 Å². The van der Waals surface area contributed by atoms with Crippen molar-refractivity contribution in [3.8, 4) is 11.5 Å². The number of carboxylic acid groups (broad SMARTS) is 1. The van der Waals surface area contributed by atoms with Gasteiger partial charge in [-0.1, -0.05) is 13.8 Å². The van der Waals surface area contributed by atoms with Gasteiger partial charge in [-0.15, -0.1) is 13.2 Å². The summed E-state index contributed by atoms with van der Waals surface area (Å²) in [5.74, 6) is -5.42. The molecule has 0 saturated heterocycles. The maximum Gasteiger partial charge on any atom is 0.573 e. The first-order chi connectivity index (χ1) is 15.3. The summed E-state index contributed by atoms with van der Waals surface area (Å²) >= 11 is 0. The largest absolute Gasteiger partial charge is 0.573 e. The van der Waals surface area contributed by atoms with Gasteiger partial charge in [0.1, 0.15) is 5.75 Å². The van der Waals surface area contributed by atoms with E-state index in [1.807, 2.05) is 0 Å². The summed E-state index contributed by atoms with van der Waals surface area (Å²) < 4.78 is 57.1. The number of aliphatic carboxylic acids is 1. The number of benzene rings is 2. The van der Waals surface area contributed by atoms with E-state index in [2.05, 4.69) is 4.74 Å². The molecule has 0 spiro atoms. The summed E-state index contributed by atoms with van der Waals surface area (Å²) in [5.41, 5.74) is 0.224. The van der Waals surface area contributed by atoms with Crippen molar-refractivity contribution < 1.29 is 42.1 Å². The molecule has 0 unspecified atom stereocenters. The number of hydrogen-bond donors (Lipinski definition) is 2. The Hall–Kier alpha value is -3.56. The number of phenolic OH excluding ortho intramolecular Hbond substituents is 1. The number of aromatic nitrogens is 1. The molecule has 0 fully saturated rings. The molecule has 0 aliphatic heterocycles. The summed E-state index contributed by atoms with van der Waals surface area (Å²) in [4.78, 5) is 25.3. The molecule has 176 valence electrons. The lowest BCUT2D eigenvalue weighted by Gasteiger charge is -2.16. The fourth-order valence-corrected chi connectivity index (χ4v) is 3.91. The zero-order valence-electron chi connectivity index (χ0n) is 17.9. The maximum atomic E-state index is 15.0. The number of carboxylic acids is 1. The average Bonchev–Trinajstić information content (AvgIpc) is 3.00. The monoisotopic (exact) mass is 467 g/mol. The lowest BCUT2D eigenvalue weighted by Crippen LogP contribution is -2.18. The van der Waals surface area contributed by atoms with E-state index < -0.39 is 41.5 Å². The predicted molar refractivity (Wildman–Crippen MR) is 111 cm³/mol. The number of hydrogen-bond acceptors (Lipinski definition) is 4. The number of nitrogens with zero attached hydrogens (tertiary/aromatic N) is 1. The third-order valence-electron chi connectivity index (χ3n) is 5.23. The summed E-state index contributed by atoms with van der Waals surface area (Å²) in [6, 6.07) is 6.50. The summed E-state index contributed by atoms with van der Waals surface area (Å²) in [6.07, 6.45) is -4.74. The first kappa shape index (κ1) is 24.1. The summed E-state index contributed by atoms with van der Waals surface area (Å²) in [6.45, 7) is 5.06. The van der Waals surface area contributed by atoms with E-state index in [0.29, 0.717) is 0 Å². The molecule has 2 N–H and O–H groups in total. The van der Waals surface area contributed by atoms with Gasteiger partial charge in [-0.25, -0.2) is 4.39 Å². The van der Waals surface area contributed by atoms with Crippen LogP contribution in [0.5, 0.6) is 11.5 Å². The molecule has 3 aromatic rings. The smallest absolute Gasteiger partial charge is 0.505 e. The van der Waals surface area contributed by atoms with Crippen molar-refractivity contribution in [3.05, 3.63) is 59.0 Å². The minimum atomic E-state index is -4.89. The fraction of sp³-hybridized carbons (Fsp3) is 0.304. The van der Waals surface area contributed by atoms with Gasteiger partial charge in [0.05, 0.1) is 11.4 Å². The van der Waals surface area contributed by atoms with E-state index in [4.69, 9.17) is 0 Å². The van der Waals surface area contributed by atoms with Gasteiger partial charge in [0.25, 0.3) is 5.91 Å². The molecule has 2 aromatic carbocycles. The van der Waals surface area contributed by atoms with Crippen LogP contribution < -0.4 is 4.74 Å². The van der Waals surface area contributed by atoms with E-state index in [0.717, 1.165) is 34.9 Å². The Balaban J connectivity index is 2.20. The first-order valence-corrected chi connectivity index (χ1v) is 9.97. The quantitative estimate of drug-likeness (QED) is 0.461. The highest BCUT2D eigenvalue weighted by Gasteiger charge is 2.33. The van der Waals surface area contributed by atoms with E-state index in [-0.39, 0.29) is 40.1 Å². The number of fused-ring (bicyclic) bond motifs is 1. The standard InChI is InChI=1S/C23H21F4NO5/c1-11(2)10-15(22(31)32)18-12(3)28(16-8-9-17(29)20(24)19(16)18)21(30)13-4-6-14(7-5-13)33-23(25,26)27/h4-9,11,15,29H,10H2,1-3H3,(H,31,32)/t15-/m0/s1. The molecule has 0 aliphatic carbocycles. The van der Waals surface area contributed by atoms with Crippen molar-refractivity contribution in [2.75, 3.05) is 0 Å². The van der Waals surface area contributed by atoms with Crippen LogP contribution in [0.4, 0.5) is 17.6 Å². The highest BCUT2D eigenvalue weighted by molar-refractivity contribution is 6.05. The highest BCUT2D eigenvalue weighted by atomic mass is 19.4. The van der Waals surface area contributed by atoms with Gasteiger partial charge in [-0.2, -0.15) is 0 Å². The molecule has 0 bridgehead atoms. The molecule has 1 heterocycles. The van der Waals surface area contributed by atoms with Crippen LogP contribution in [-0.2, 0) is 4.79 Å². The predicted octanol–water partition coefficient (Wildman–Crippen LogP) is 5.60. The van der Waals surface area contributed by atoms with E-state index >= 15 is 0 Å². The summed E-state index contributed by atoms with van der Waals surface area (Å²) in [5, 5.41) is 19.5. The van der Waals surface area contributed by atoms with Crippen molar-refractivity contribution in [2.45, 2.75) is 39.5 Å². The number of carbonyl (C=O) groups is 2. The normalized spacial score (nSPS) is 12.8. The van der Waals surface area contributed by atoms with Crippen LogP contribution in [0.15, 0.2) is 36.4 Å². The zero-order valence-corrected chi connectivity index (χ0v) is 17.9. The number of ether oxygens (including phenoxy) is 1. The van der Waals surface area contributed by atoms with Crippen LogP contribution in [0.1, 0.15) is 47.8 Å². The Bertz CT molecular complexity index is 1210. The van der Waals surface area contributed by atoms with Crippen LogP contribution >= 0.6 is 0 Å². The number of carbonyl (C=O) groups excluding carboxylic acids is 1. The average molecular weight is 467 g/mol. The minimum absolute atomic E-state index is 0.0275. The van der Waals surface area contributed by atoms with Crippen molar-refractivity contribution in [3.63, 3.8) is 0 Å². The molecule has 0 aliphatic rings. The molecule has 33 heavy (non-hydrogen) atoms. The Morgan fingerprint density at radius 3 is 2.21 bits per heavy atom. The van der Waals surface area contributed by atoms with Gasteiger partial charge < -0.3 is 14.9 Å². The van der Waals surface area contributed by atoms with Crippen LogP contribution in [0.2, 0.25) is 0 Å². The van der Waals surface area contributed by atoms with Crippen LogP contribution in [0, 0.1) is 18.7 Å². The second-order valence-corrected chi connectivity index (χ2v) is 8.02. The van der Waals surface area contributed by atoms with Crippen molar-refractivity contribution in [2.24, 2.45) is 5.92 Å². The maximum absolute atomic E-state index is 15.0. The van der Waals surface area contributed by atoms with E-state index in [1.54, 1.807) is 13.8 Å². The molecule has 6 nitrogen and oxygen atoms in total. The number of phenols is 1. The third-order valence-corrected chi connectivity index (χ3v) is 5.23. The second kappa shape index (κ2) is 8.76. The van der Waals surface area contributed by atoms with Gasteiger partial charge in [0.15, 0.2) is 11.6 Å². The molecule has 3 rings (SSSR count). The number of alkyl halides is 3. The van der Waals surface area contributed by atoms with Gasteiger partial charge in [-0.05, 0) is 61.2 Å². The lowest BCUT2D eigenvalue weighted by atomic mass is 9.88. The number of rotatable bonds is 6. The van der Waals surface area contributed by atoms with Gasteiger partial charge in [-0.3, -0.25) is 14.2 Å². The third kappa shape index (κ3) is 4.79. The summed E-state index contributed by atoms with van der Waals surface area (Å²) in [7, 11) is 0. The highest BCUT2D eigenvalue weighted by Crippen LogP contribution is 2.39. The van der Waals surface area contributed by atoms with Crippen LogP contribution in [-0.4, -0.2) is 33.0 Å². The van der Waals surface area contributed by atoms with Crippen molar-refractivity contribution in [1.29, 1.82) is 0 Å². The molecule has 0 amide bonds. The molecule has 1 aromatic heterocycles. The second-order valence-electron chi connectivity index (χ2n) is 8.02. The molecular weight excluding hydrogens is 446 g/mol. The molecule has 1 atom stereocenters.